The van der Waals surface area contributed by atoms with Crippen LogP contribution in [0, 0.1) is 0 Å². The summed E-state index contributed by atoms with van der Waals surface area (Å²) in [5, 5.41) is 23.8. The van der Waals surface area contributed by atoms with Crippen LogP contribution in [0.5, 0.6) is 0 Å². The van der Waals surface area contributed by atoms with Gasteiger partial charge in [-0.2, -0.15) is 0 Å². The summed E-state index contributed by atoms with van der Waals surface area (Å²) in [6.45, 7) is 6.36. The Hall–Kier alpha value is -2.96. The Morgan fingerprint density at radius 2 is 0.877 bits per heavy atom. The lowest BCUT2D eigenvalue weighted by atomic mass is 10.0. The second-order valence-corrected chi connectivity index (χ2v) is 18.4. The second-order valence-electron chi connectivity index (χ2n) is 18.4. The molecule has 0 aliphatic rings. The molecule has 65 heavy (non-hydrogen) atoms. The molecule has 0 radical (unpaired) electrons. The maximum Gasteiger partial charge on any atom is 0.306 e. The molecule has 3 unspecified atom stereocenters. The van der Waals surface area contributed by atoms with Gasteiger partial charge in [-0.15, -0.1) is 0 Å². The van der Waals surface area contributed by atoms with Crippen molar-refractivity contribution in [2.45, 2.75) is 270 Å². The lowest BCUT2D eigenvalue weighted by Gasteiger charge is -2.24. The number of unbranched alkanes of at least 4 members (excludes halogenated alkanes) is 26. The van der Waals surface area contributed by atoms with Crippen LogP contribution in [-0.2, 0) is 14.3 Å². The Kier molecular flexibility index (Phi) is 49.6. The molecule has 0 aromatic heterocycles. The zero-order valence-electron chi connectivity index (χ0n) is 42.6. The summed E-state index contributed by atoms with van der Waals surface area (Å²) in [5.74, 6) is -0.522. The number of hydrogen-bond acceptors (Lipinski definition) is 5. The number of aliphatic hydroxyl groups is 2. The van der Waals surface area contributed by atoms with Gasteiger partial charge in [0.2, 0.25) is 5.91 Å². The number of carbonyl (C=O) groups excluding carboxylic acids is 2. The van der Waals surface area contributed by atoms with Crippen molar-refractivity contribution in [3.05, 3.63) is 85.1 Å². The van der Waals surface area contributed by atoms with Crippen LogP contribution in [0.4, 0.5) is 0 Å². The van der Waals surface area contributed by atoms with Gasteiger partial charge in [0, 0.05) is 6.42 Å². The van der Waals surface area contributed by atoms with Crippen molar-refractivity contribution in [1.82, 2.24) is 5.32 Å². The first kappa shape index (κ1) is 62.0. The highest BCUT2D eigenvalue weighted by Gasteiger charge is 2.24. The summed E-state index contributed by atoms with van der Waals surface area (Å²) in [4.78, 5) is 26.2. The van der Waals surface area contributed by atoms with Crippen molar-refractivity contribution in [3.63, 3.8) is 0 Å². The molecule has 0 saturated carbocycles. The Balaban J connectivity index is 4.65. The molecule has 1 amide bonds. The fourth-order valence-corrected chi connectivity index (χ4v) is 7.90. The van der Waals surface area contributed by atoms with E-state index in [0.717, 1.165) is 77.0 Å². The van der Waals surface area contributed by atoms with E-state index in [4.69, 9.17) is 4.74 Å². The first-order valence-corrected chi connectivity index (χ1v) is 27.4. The van der Waals surface area contributed by atoms with Gasteiger partial charge < -0.3 is 20.3 Å². The van der Waals surface area contributed by atoms with Crippen LogP contribution in [0.15, 0.2) is 85.1 Å². The molecule has 0 bridgehead atoms. The fourth-order valence-electron chi connectivity index (χ4n) is 7.90. The third-order valence-corrected chi connectivity index (χ3v) is 12.1. The Morgan fingerprint density at radius 1 is 0.462 bits per heavy atom. The van der Waals surface area contributed by atoms with Gasteiger partial charge in [-0.1, -0.05) is 247 Å². The lowest BCUT2D eigenvalue weighted by molar-refractivity contribution is -0.151. The first-order valence-electron chi connectivity index (χ1n) is 27.4. The van der Waals surface area contributed by atoms with E-state index in [0.29, 0.717) is 19.3 Å². The van der Waals surface area contributed by atoms with Crippen molar-refractivity contribution in [2.24, 2.45) is 0 Å². The molecule has 0 fully saturated rings. The van der Waals surface area contributed by atoms with Crippen molar-refractivity contribution >= 4 is 11.9 Å². The minimum Gasteiger partial charge on any atom is -0.462 e. The normalized spacial score (nSPS) is 13.9. The van der Waals surface area contributed by atoms with Crippen LogP contribution in [0.3, 0.4) is 0 Å². The number of allylic oxidation sites excluding steroid dienone is 14. The summed E-state index contributed by atoms with van der Waals surface area (Å²) in [6, 6.07) is -0.720. The van der Waals surface area contributed by atoms with Gasteiger partial charge in [0.15, 0.2) is 0 Å². The van der Waals surface area contributed by atoms with Gasteiger partial charge in [0.25, 0.3) is 0 Å². The van der Waals surface area contributed by atoms with Crippen molar-refractivity contribution in [2.75, 3.05) is 6.61 Å². The van der Waals surface area contributed by atoms with Crippen molar-refractivity contribution in [1.29, 1.82) is 0 Å². The summed E-state index contributed by atoms with van der Waals surface area (Å²) in [7, 11) is 0. The smallest absolute Gasteiger partial charge is 0.306 e. The number of ether oxygens (including phenoxy) is 1. The van der Waals surface area contributed by atoms with Crippen molar-refractivity contribution in [3.8, 4) is 0 Å². The highest BCUT2D eigenvalue weighted by atomic mass is 16.5. The largest absolute Gasteiger partial charge is 0.462 e. The first-order chi connectivity index (χ1) is 32.0. The van der Waals surface area contributed by atoms with Gasteiger partial charge in [-0.05, 0) is 77.0 Å². The van der Waals surface area contributed by atoms with Crippen LogP contribution in [-0.4, -0.2) is 46.9 Å². The molecule has 374 valence electrons. The minimum atomic E-state index is -0.804. The standard InChI is InChI=1S/C59H103NO5/c1-4-7-10-13-16-19-22-24-26-28-29-30-32-34-37-40-43-46-49-52-59(64)65-55(50-47-44-41-38-36-33-31-27-25-23-20-17-14-11-8-5-2)53-58(63)60-56(54-61)57(62)51-48-45-42-39-35-21-18-15-12-9-6-3/h11,14,16-17,19-20,23-27,31,33,36,55-57,61-62H,4-10,12-13,15,18,21-22,28-30,32,34-35,37-54H2,1-3H3,(H,60,63)/b14-11+,19-16-,20-17+,25-23+,26-24-,31-27+,36-33+. The van der Waals surface area contributed by atoms with E-state index in [-0.39, 0.29) is 24.9 Å². The monoisotopic (exact) mass is 906 g/mol. The average Bonchev–Trinajstić information content (AvgIpc) is 3.30. The predicted molar refractivity (Wildman–Crippen MR) is 282 cm³/mol. The van der Waals surface area contributed by atoms with E-state index < -0.39 is 18.2 Å². The molecule has 0 saturated heterocycles. The number of esters is 1. The maximum absolute atomic E-state index is 13.2. The topological polar surface area (TPSA) is 95.9 Å². The van der Waals surface area contributed by atoms with E-state index >= 15 is 0 Å². The Morgan fingerprint density at radius 3 is 1.42 bits per heavy atom. The third-order valence-electron chi connectivity index (χ3n) is 12.1. The van der Waals surface area contributed by atoms with E-state index in [9.17, 15) is 19.8 Å². The number of aliphatic hydroxyl groups excluding tert-OH is 2. The van der Waals surface area contributed by atoms with E-state index in [1.165, 1.54) is 128 Å². The van der Waals surface area contributed by atoms with Gasteiger partial charge in [-0.3, -0.25) is 9.59 Å². The Bertz CT molecular complexity index is 1250. The third kappa shape index (κ3) is 47.3. The molecule has 0 aliphatic carbocycles. The summed E-state index contributed by atoms with van der Waals surface area (Å²) < 4.78 is 5.93. The molecule has 0 aromatic rings. The molecule has 0 aromatic carbocycles. The van der Waals surface area contributed by atoms with Crippen molar-refractivity contribution < 1.29 is 24.5 Å². The number of nitrogens with one attached hydrogen (secondary N) is 1. The molecular formula is C59H103NO5. The molecule has 6 heteroatoms. The zero-order chi connectivity index (χ0) is 47.4. The zero-order valence-corrected chi connectivity index (χ0v) is 42.6. The van der Waals surface area contributed by atoms with Gasteiger partial charge in [-0.25, -0.2) is 0 Å². The van der Waals surface area contributed by atoms with Crippen LogP contribution < -0.4 is 5.32 Å². The summed E-state index contributed by atoms with van der Waals surface area (Å²) in [6.07, 6.45) is 67.8. The SMILES string of the molecule is CCC/C=C/C=C/C=C/C=C/C=C/CCCCCC(CC(=O)NC(CO)C(O)CCCCCCCCCCCCC)OC(=O)CCCCCCCCCCC/C=C\C/C=C\CCCCC. The summed E-state index contributed by atoms with van der Waals surface area (Å²) >= 11 is 0. The Labute approximate surface area is 402 Å². The second kappa shape index (κ2) is 52.0. The number of carbonyl (C=O) groups is 2. The van der Waals surface area contributed by atoms with E-state index in [1.807, 2.05) is 36.5 Å². The number of amides is 1. The highest BCUT2D eigenvalue weighted by molar-refractivity contribution is 5.77. The lowest BCUT2D eigenvalue weighted by Crippen LogP contribution is -2.46. The van der Waals surface area contributed by atoms with Gasteiger partial charge in [0.1, 0.15) is 6.10 Å². The molecule has 0 spiro atoms. The van der Waals surface area contributed by atoms with Gasteiger partial charge in [0.05, 0.1) is 25.2 Å². The predicted octanol–water partition coefficient (Wildman–Crippen LogP) is 16.7. The van der Waals surface area contributed by atoms with Crippen LogP contribution in [0.1, 0.15) is 252 Å². The fraction of sp³-hybridized carbons (Fsp3) is 0.729. The molecule has 0 rings (SSSR count). The van der Waals surface area contributed by atoms with Crippen LogP contribution in [0.25, 0.3) is 0 Å². The van der Waals surface area contributed by atoms with E-state index in [1.54, 1.807) is 0 Å². The number of rotatable bonds is 48. The quantitative estimate of drug-likeness (QED) is 0.0245. The van der Waals surface area contributed by atoms with E-state index in [2.05, 4.69) is 74.7 Å². The molecule has 3 N–H and O–H groups in total. The van der Waals surface area contributed by atoms with Gasteiger partial charge >= 0.3 is 5.97 Å². The molecule has 6 nitrogen and oxygen atoms in total. The average molecular weight is 906 g/mol. The highest BCUT2D eigenvalue weighted by Crippen LogP contribution is 2.17. The minimum absolute atomic E-state index is 0.0443. The molecular weight excluding hydrogens is 803 g/mol. The maximum atomic E-state index is 13.2. The number of hydrogen-bond donors (Lipinski definition) is 3. The van der Waals surface area contributed by atoms with Crippen LogP contribution in [0.2, 0.25) is 0 Å². The molecule has 3 atom stereocenters. The molecule has 0 aliphatic heterocycles. The van der Waals surface area contributed by atoms with Crippen LogP contribution >= 0.6 is 0 Å². The summed E-state index contributed by atoms with van der Waals surface area (Å²) in [5.41, 5.74) is 0. The molecule has 0 heterocycles.